The number of hydrogen-bond donors (Lipinski definition) is 2. The molecule has 1 fully saturated rings. The van der Waals surface area contributed by atoms with Crippen LogP contribution in [0.1, 0.15) is 38.2 Å². The van der Waals surface area contributed by atoms with E-state index in [2.05, 4.69) is 5.32 Å². The summed E-state index contributed by atoms with van der Waals surface area (Å²) in [5.41, 5.74) is -0.247. The average molecular weight is 261 g/mol. The van der Waals surface area contributed by atoms with Gasteiger partial charge < -0.3 is 10.4 Å². The molecule has 0 bridgehead atoms. The highest BCUT2D eigenvalue weighted by Gasteiger charge is 2.48. The number of nitrogens with one attached hydrogen (secondary N) is 1. The van der Waals surface area contributed by atoms with Gasteiger partial charge in [0.25, 0.3) is 0 Å². The highest BCUT2D eigenvalue weighted by molar-refractivity contribution is 5.90. The molecule has 19 heavy (non-hydrogen) atoms. The quantitative estimate of drug-likeness (QED) is 0.853. The summed E-state index contributed by atoms with van der Waals surface area (Å²) in [7, 11) is 0. The fraction of sp³-hybridized carbons (Fsp3) is 0.467. The minimum Gasteiger partial charge on any atom is -0.480 e. The van der Waals surface area contributed by atoms with Crippen LogP contribution in [0.2, 0.25) is 0 Å². The van der Waals surface area contributed by atoms with Gasteiger partial charge in [-0.15, -0.1) is 0 Å². The Kier molecular flexibility index (Phi) is 3.60. The van der Waals surface area contributed by atoms with Gasteiger partial charge in [0.05, 0.1) is 5.92 Å². The van der Waals surface area contributed by atoms with E-state index < -0.39 is 11.5 Å². The van der Waals surface area contributed by atoms with E-state index in [4.69, 9.17) is 0 Å². The van der Waals surface area contributed by atoms with E-state index in [9.17, 15) is 14.7 Å². The minimum atomic E-state index is -1.14. The highest BCUT2D eigenvalue weighted by Crippen LogP contribution is 2.40. The van der Waals surface area contributed by atoms with Crippen LogP contribution in [-0.4, -0.2) is 22.5 Å². The fourth-order valence-corrected chi connectivity index (χ4v) is 2.25. The van der Waals surface area contributed by atoms with Crippen LogP contribution in [-0.2, 0) is 9.59 Å². The molecule has 0 aromatic heterocycles. The summed E-state index contributed by atoms with van der Waals surface area (Å²) in [5.74, 6) is -1.48. The minimum absolute atomic E-state index is 0.0527. The van der Waals surface area contributed by atoms with Gasteiger partial charge in [-0.3, -0.25) is 4.79 Å². The van der Waals surface area contributed by atoms with Gasteiger partial charge in [-0.2, -0.15) is 0 Å². The number of hydrogen-bond acceptors (Lipinski definition) is 2. The summed E-state index contributed by atoms with van der Waals surface area (Å²) < 4.78 is 0. The van der Waals surface area contributed by atoms with Crippen molar-refractivity contribution in [1.29, 1.82) is 0 Å². The molecule has 1 amide bonds. The molecule has 0 radical (unpaired) electrons. The molecule has 1 aliphatic rings. The van der Waals surface area contributed by atoms with E-state index in [1.54, 1.807) is 13.8 Å². The summed E-state index contributed by atoms with van der Waals surface area (Å²) in [6.07, 6.45) is 1.73. The molecule has 0 spiro atoms. The maximum absolute atomic E-state index is 12.2. The lowest BCUT2D eigenvalue weighted by Crippen LogP contribution is -2.54. The van der Waals surface area contributed by atoms with Crippen LogP contribution >= 0.6 is 0 Å². The van der Waals surface area contributed by atoms with Crippen LogP contribution in [0.5, 0.6) is 0 Å². The first-order chi connectivity index (χ1) is 8.95. The number of carbonyl (C=O) groups excluding carboxylic acids is 1. The average Bonchev–Trinajstić information content (AvgIpc) is 3.23. The Balaban J connectivity index is 2.10. The van der Waals surface area contributed by atoms with Crippen LogP contribution in [0, 0.1) is 5.92 Å². The molecule has 2 N–H and O–H groups in total. The van der Waals surface area contributed by atoms with Gasteiger partial charge in [0, 0.05) is 0 Å². The number of amides is 1. The van der Waals surface area contributed by atoms with Crippen LogP contribution in [0.3, 0.4) is 0 Å². The van der Waals surface area contributed by atoms with Crippen molar-refractivity contribution < 1.29 is 14.7 Å². The molecule has 102 valence electrons. The van der Waals surface area contributed by atoms with Crippen LogP contribution < -0.4 is 5.32 Å². The predicted octanol–water partition coefficient (Wildman–Crippen LogP) is 2.16. The number of benzene rings is 1. The lowest BCUT2D eigenvalue weighted by molar-refractivity contribution is -0.148. The Morgan fingerprint density at radius 1 is 1.32 bits per heavy atom. The third-order valence-electron chi connectivity index (χ3n) is 3.91. The number of carboxylic acid groups (broad SMARTS) is 1. The third kappa shape index (κ3) is 2.78. The standard InChI is InChI=1S/C15H19NO3/c1-10(11-6-4-3-5-7-11)13(17)16-15(2,14(18)19)12-8-9-12/h3-7,10,12H,8-9H2,1-2H3,(H,16,17)(H,18,19). The van der Waals surface area contributed by atoms with E-state index in [0.717, 1.165) is 18.4 Å². The van der Waals surface area contributed by atoms with E-state index in [0.29, 0.717) is 0 Å². The van der Waals surface area contributed by atoms with Crippen molar-refractivity contribution in [2.24, 2.45) is 5.92 Å². The maximum Gasteiger partial charge on any atom is 0.329 e. The van der Waals surface area contributed by atoms with E-state index in [-0.39, 0.29) is 17.7 Å². The van der Waals surface area contributed by atoms with Crippen molar-refractivity contribution in [2.45, 2.75) is 38.1 Å². The molecule has 1 saturated carbocycles. The molecular formula is C15H19NO3. The second-order valence-electron chi connectivity index (χ2n) is 5.40. The molecule has 2 unspecified atom stereocenters. The third-order valence-corrected chi connectivity index (χ3v) is 3.91. The molecule has 4 heteroatoms. The molecule has 4 nitrogen and oxygen atoms in total. The van der Waals surface area contributed by atoms with Crippen molar-refractivity contribution in [2.75, 3.05) is 0 Å². The monoisotopic (exact) mass is 261 g/mol. The summed E-state index contributed by atoms with van der Waals surface area (Å²) in [6, 6.07) is 9.38. The Morgan fingerprint density at radius 2 is 1.89 bits per heavy atom. The van der Waals surface area contributed by atoms with E-state index >= 15 is 0 Å². The van der Waals surface area contributed by atoms with Gasteiger partial charge in [-0.05, 0) is 38.2 Å². The summed E-state index contributed by atoms with van der Waals surface area (Å²) in [6.45, 7) is 3.39. The first-order valence-corrected chi connectivity index (χ1v) is 6.55. The molecule has 1 aromatic rings. The Morgan fingerprint density at radius 3 is 2.37 bits per heavy atom. The highest BCUT2D eigenvalue weighted by atomic mass is 16.4. The summed E-state index contributed by atoms with van der Waals surface area (Å²) in [5, 5.41) is 12.0. The summed E-state index contributed by atoms with van der Waals surface area (Å²) in [4.78, 5) is 23.6. The van der Waals surface area contributed by atoms with Crippen molar-refractivity contribution >= 4 is 11.9 Å². The normalized spacial score (nSPS) is 19.3. The Labute approximate surface area is 112 Å². The molecule has 1 aromatic carbocycles. The van der Waals surface area contributed by atoms with Crippen LogP contribution in [0.15, 0.2) is 30.3 Å². The number of carboxylic acids is 1. The van der Waals surface area contributed by atoms with Gasteiger partial charge in [0.2, 0.25) is 5.91 Å². The maximum atomic E-state index is 12.2. The summed E-state index contributed by atoms with van der Waals surface area (Å²) >= 11 is 0. The van der Waals surface area contributed by atoms with Gasteiger partial charge in [0.15, 0.2) is 0 Å². The second-order valence-corrected chi connectivity index (χ2v) is 5.40. The largest absolute Gasteiger partial charge is 0.480 e. The van der Waals surface area contributed by atoms with Crippen LogP contribution in [0.25, 0.3) is 0 Å². The zero-order valence-electron chi connectivity index (χ0n) is 11.2. The fourth-order valence-electron chi connectivity index (χ4n) is 2.25. The molecule has 0 aliphatic heterocycles. The Bertz CT molecular complexity index is 481. The number of aliphatic carboxylic acids is 1. The number of carbonyl (C=O) groups is 2. The zero-order valence-corrected chi connectivity index (χ0v) is 11.2. The molecule has 0 saturated heterocycles. The molecular weight excluding hydrogens is 242 g/mol. The smallest absolute Gasteiger partial charge is 0.329 e. The van der Waals surface area contributed by atoms with Gasteiger partial charge in [-0.25, -0.2) is 4.79 Å². The first-order valence-electron chi connectivity index (χ1n) is 6.55. The van der Waals surface area contributed by atoms with Gasteiger partial charge in [-0.1, -0.05) is 30.3 Å². The molecule has 0 heterocycles. The van der Waals surface area contributed by atoms with Crippen molar-refractivity contribution in [3.05, 3.63) is 35.9 Å². The predicted molar refractivity (Wildman–Crippen MR) is 71.8 cm³/mol. The van der Waals surface area contributed by atoms with Gasteiger partial charge in [0.1, 0.15) is 5.54 Å². The van der Waals surface area contributed by atoms with E-state index in [1.165, 1.54) is 0 Å². The molecule has 1 aliphatic carbocycles. The number of rotatable bonds is 5. The van der Waals surface area contributed by atoms with E-state index in [1.807, 2.05) is 30.3 Å². The Hall–Kier alpha value is -1.84. The van der Waals surface area contributed by atoms with Crippen molar-refractivity contribution in [3.8, 4) is 0 Å². The SMILES string of the molecule is CC(C(=O)NC(C)(C(=O)O)C1CC1)c1ccccc1. The zero-order chi connectivity index (χ0) is 14.0. The topological polar surface area (TPSA) is 66.4 Å². The molecule has 2 rings (SSSR count). The van der Waals surface area contributed by atoms with Gasteiger partial charge >= 0.3 is 5.97 Å². The lowest BCUT2D eigenvalue weighted by atomic mass is 9.93. The van der Waals surface area contributed by atoms with Crippen molar-refractivity contribution in [1.82, 2.24) is 5.32 Å². The van der Waals surface area contributed by atoms with Crippen LogP contribution in [0.4, 0.5) is 0 Å². The first kappa shape index (κ1) is 13.6. The lowest BCUT2D eigenvalue weighted by Gasteiger charge is -2.27. The molecule has 2 atom stereocenters. The van der Waals surface area contributed by atoms with Crippen molar-refractivity contribution in [3.63, 3.8) is 0 Å². The second kappa shape index (κ2) is 5.03.